The molecule has 0 spiro atoms. The summed E-state index contributed by atoms with van der Waals surface area (Å²) in [6, 6.07) is 5.71. The van der Waals surface area contributed by atoms with Crippen LogP contribution in [-0.4, -0.2) is 44.2 Å². The third-order valence-corrected chi connectivity index (χ3v) is 4.59. The number of nitrogens with two attached hydrogens (primary N) is 1. The van der Waals surface area contributed by atoms with Gasteiger partial charge in [-0.1, -0.05) is 6.07 Å². The molecule has 1 aromatic carbocycles. The van der Waals surface area contributed by atoms with Gasteiger partial charge in [0.2, 0.25) is 0 Å². The highest BCUT2D eigenvalue weighted by Crippen LogP contribution is 2.39. The van der Waals surface area contributed by atoms with Crippen molar-refractivity contribution in [1.29, 1.82) is 0 Å². The van der Waals surface area contributed by atoms with Gasteiger partial charge in [0.15, 0.2) is 0 Å². The first-order valence-electron chi connectivity index (χ1n) is 6.44. The van der Waals surface area contributed by atoms with Crippen LogP contribution in [0.15, 0.2) is 18.2 Å². The van der Waals surface area contributed by atoms with E-state index < -0.39 is 0 Å². The Kier molecular flexibility index (Phi) is 3.50. The Hall–Kier alpha value is -1.79. The number of rotatable bonds is 2. The molecule has 2 aromatic rings. The van der Waals surface area contributed by atoms with Gasteiger partial charge in [0.05, 0.1) is 31.4 Å². The van der Waals surface area contributed by atoms with Crippen LogP contribution < -0.4 is 10.5 Å². The molecule has 0 aliphatic carbocycles. The molecule has 2 heterocycles. The summed E-state index contributed by atoms with van der Waals surface area (Å²) in [5, 5.41) is 0.830. The Bertz CT molecular complexity index is 647. The molecule has 5 nitrogen and oxygen atoms in total. The highest BCUT2D eigenvalue weighted by molar-refractivity contribution is 7.21. The van der Waals surface area contributed by atoms with E-state index >= 15 is 0 Å². The molecule has 1 saturated heterocycles. The lowest BCUT2D eigenvalue weighted by Gasteiger charge is -2.26. The number of fused-ring (bicyclic) bond motifs is 1. The van der Waals surface area contributed by atoms with Crippen molar-refractivity contribution in [3.63, 3.8) is 0 Å². The summed E-state index contributed by atoms with van der Waals surface area (Å²) in [7, 11) is 1.61. The molecule has 1 aliphatic rings. The van der Waals surface area contributed by atoms with Crippen LogP contribution in [0.25, 0.3) is 10.1 Å². The number of methoxy groups -OCH3 is 1. The van der Waals surface area contributed by atoms with Crippen molar-refractivity contribution in [2.45, 2.75) is 0 Å². The van der Waals surface area contributed by atoms with Gasteiger partial charge in [-0.25, -0.2) is 0 Å². The lowest BCUT2D eigenvalue weighted by atomic mass is 10.2. The Morgan fingerprint density at radius 1 is 1.40 bits per heavy atom. The molecule has 1 fully saturated rings. The number of benzene rings is 1. The minimum atomic E-state index is -0.0194. The molecule has 106 valence electrons. The van der Waals surface area contributed by atoms with Crippen LogP contribution in [0.2, 0.25) is 0 Å². The number of nitrogens with zero attached hydrogens (tertiary/aromatic N) is 1. The predicted octanol–water partition coefficient (Wildman–Crippen LogP) is 1.96. The molecule has 0 bridgehead atoms. The van der Waals surface area contributed by atoms with Crippen LogP contribution >= 0.6 is 11.3 Å². The fourth-order valence-corrected chi connectivity index (χ4v) is 3.49. The molecule has 0 radical (unpaired) electrons. The average Bonchev–Trinajstić information content (AvgIpc) is 2.85. The van der Waals surface area contributed by atoms with Gasteiger partial charge in [-0.15, -0.1) is 11.3 Å². The van der Waals surface area contributed by atoms with Crippen LogP contribution in [-0.2, 0) is 4.74 Å². The van der Waals surface area contributed by atoms with E-state index in [1.54, 1.807) is 12.0 Å². The fraction of sp³-hybridized carbons (Fsp3) is 0.357. The molecule has 0 atom stereocenters. The minimum Gasteiger partial charge on any atom is -0.496 e. The van der Waals surface area contributed by atoms with Crippen molar-refractivity contribution in [3.8, 4) is 5.75 Å². The Morgan fingerprint density at radius 2 is 2.15 bits per heavy atom. The first kappa shape index (κ1) is 13.2. The van der Waals surface area contributed by atoms with Gasteiger partial charge in [-0.2, -0.15) is 0 Å². The van der Waals surface area contributed by atoms with Gasteiger partial charge in [-0.3, -0.25) is 4.79 Å². The van der Waals surface area contributed by atoms with E-state index in [4.69, 9.17) is 15.2 Å². The van der Waals surface area contributed by atoms with Gasteiger partial charge in [0, 0.05) is 17.8 Å². The molecule has 1 aliphatic heterocycles. The zero-order chi connectivity index (χ0) is 14.1. The van der Waals surface area contributed by atoms with E-state index in [0.717, 1.165) is 10.1 Å². The Morgan fingerprint density at radius 3 is 2.85 bits per heavy atom. The van der Waals surface area contributed by atoms with Gasteiger partial charge in [0.1, 0.15) is 10.6 Å². The lowest BCUT2D eigenvalue weighted by molar-refractivity contribution is 0.0307. The second-order valence-electron chi connectivity index (χ2n) is 4.58. The zero-order valence-electron chi connectivity index (χ0n) is 11.2. The Balaban J connectivity index is 2.03. The maximum absolute atomic E-state index is 12.5. The number of amides is 1. The van der Waals surface area contributed by atoms with E-state index in [1.165, 1.54) is 11.3 Å². The first-order chi connectivity index (χ1) is 9.72. The summed E-state index contributed by atoms with van der Waals surface area (Å²) in [6.07, 6.45) is 0. The summed E-state index contributed by atoms with van der Waals surface area (Å²) in [5.74, 6) is 0.686. The third-order valence-electron chi connectivity index (χ3n) is 3.43. The van der Waals surface area contributed by atoms with Gasteiger partial charge >= 0.3 is 0 Å². The fourth-order valence-electron chi connectivity index (χ4n) is 2.38. The smallest absolute Gasteiger partial charge is 0.266 e. The summed E-state index contributed by atoms with van der Waals surface area (Å²) in [5.41, 5.74) is 6.69. The van der Waals surface area contributed by atoms with Gasteiger partial charge in [-0.05, 0) is 12.1 Å². The number of hydrogen-bond donors (Lipinski definition) is 1. The first-order valence-corrected chi connectivity index (χ1v) is 7.26. The van der Waals surface area contributed by atoms with Crippen LogP contribution in [0, 0.1) is 0 Å². The lowest BCUT2D eigenvalue weighted by Crippen LogP contribution is -2.40. The second-order valence-corrected chi connectivity index (χ2v) is 5.64. The molecule has 6 heteroatoms. The number of carbonyl (C=O) groups is 1. The summed E-state index contributed by atoms with van der Waals surface area (Å²) in [6.45, 7) is 2.40. The second kappa shape index (κ2) is 5.30. The van der Waals surface area contributed by atoms with Crippen molar-refractivity contribution in [2.24, 2.45) is 0 Å². The number of thiophene rings is 1. The number of carbonyl (C=O) groups excluding carboxylic acids is 1. The van der Waals surface area contributed by atoms with E-state index in [0.29, 0.717) is 42.6 Å². The van der Waals surface area contributed by atoms with Crippen molar-refractivity contribution in [1.82, 2.24) is 4.90 Å². The summed E-state index contributed by atoms with van der Waals surface area (Å²) < 4.78 is 11.6. The van der Waals surface area contributed by atoms with E-state index in [-0.39, 0.29) is 5.91 Å². The summed E-state index contributed by atoms with van der Waals surface area (Å²) >= 11 is 1.42. The predicted molar refractivity (Wildman–Crippen MR) is 79.5 cm³/mol. The number of ether oxygens (including phenoxy) is 2. The van der Waals surface area contributed by atoms with Crippen molar-refractivity contribution >= 4 is 33.0 Å². The highest BCUT2D eigenvalue weighted by Gasteiger charge is 2.24. The number of morpholine rings is 1. The highest BCUT2D eigenvalue weighted by atomic mass is 32.1. The number of nitrogen functional groups attached to an aromatic ring is 1. The van der Waals surface area contributed by atoms with Crippen molar-refractivity contribution in [3.05, 3.63) is 23.1 Å². The largest absolute Gasteiger partial charge is 0.496 e. The third kappa shape index (κ3) is 2.10. The monoisotopic (exact) mass is 292 g/mol. The van der Waals surface area contributed by atoms with Crippen molar-refractivity contribution < 1.29 is 14.3 Å². The molecular formula is C14H16N2O3S. The zero-order valence-corrected chi connectivity index (χ0v) is 12.0. The van der Waals surface area contributed by atoms with Gasteiger partial charge < -0.3 is 20.1 Å². The molecule has 1 aromatic heterocycles. The van der Waals surface area contributed by atoms with E-state index in [1.807, 2.05) is 18.2 Å². The molecular weight excluding hydrogens is 276 g/mol. The number of hydrogen-bond acceptors (Lipinski definition) is 5. The summed E-state index contributed by atoms with van der Waals surface area (Å²) in [4.78, 5) is 14.9. The quantitative estimate of drug-likeness (QED) is 0.919. The molecule has 0 unspecified atom stereocenters. The van der Waals surface area contributed by atoms with Gasteiger partial charge in [0.25, 0.3) is 5.91 Å². The normalized spacial score (nSPS) is 15.6. The topological polar surface area (TPSA) is 64.8 Å². The maximum Gasteiger partial charge on any atom is 0.266 e. The van der Waals surface area contributed by atoms with Crippen LogP contribution in [0.3, 0.4) is 0 Å². The van der Waals surface area contributed by atoms with Crippen LogP contribution in [0.5, 0.6) is 5.75 Å². The molecule has 2 N–H and O–H groups in total. The van der Waals surface area contributed by atoms with E-state index in [2.05, 4.69) is 0 Å². The minimum absolute atomic E-state index is 0.0194. The number of anilines is 1. The average molecular weight is 292 g/mol. The molecule has 1 amide bonds. The van der Waals surface area contributed by atoms with Crippen molar-refractivity contribution in [2.75, 3.05) is 39.1 Å². The molecule has 3 rings (SSSR count). The molecule has 20 heavy (non-hydrogen) atoms. The van der Waals surface area contributed by atoms with Crippen LogP contribution in [0.4, 0.5) is 5.69 Å². The van der Waals surface area contributed by atoms with Crippen LogP contribution in [0.1, 0.15) is 9.67 Å². The standard InChI is InChI=1S/C14H16N2O3S/c1-18-9-3-2-4-10-11(9)12(15)13(20-10)14(17)16-5-7-19-8-6-16/h2-4H,5-8,15H2,1H3. The molecule has 0 saturated carbocycles. The SMILES string of the molecule is COc1cccc2sc(C(=O)N3CCOCC3)c(N)c12. The maximum atomic E-state index is 12.5. The Labute approximate surface area is 120 Å². The van der Waals surface area contributed by atoms with E-state index in [9.17, 15) is 4.79 Å².